The van der Waals surface area contributed by atoms with Crippen LogP contribution in [0.5, 0.6) is 0 Å². The first-order chi connectivity index (χ1) is 13.8. The molecule has 0 bridgehead atoms. The van der Waals surface area contributed by atoms with E-state index in [1.165, 1.54) is 17.5 Å². The largest absolute Gasteiger partial charge is 0.465 e. The van der Waals surface area contributed by atoms with E-state index in [2.05, 4.69) is 69.3 Å². The summed E-state index contributed by atoms with van der Waals surface area (Å²) in [4.78, 5) is 11.9. The van der Waals surface area contributed by atoms with E-state index in [-0.39, 0.29) is 11.0 Å². The van der Waals surface area contributed by atoms with E-state index < -0.39 is 8.32 Å². The molecule has 0 aliphatic heterocycles. The minimum Gasteiger partial charge on any atom is -0.465 e. The Bertz CT molecular complexity index is 822. The second kappa shape index (κ2) is 9.86. The number of benzene rings is 2. The fraction of sp³-hybridized carbons (Fsp3) is 0.320. The molecule has 0 aromatic heterocycles. The number of hydrogen-bond donors (Lipinski definition) is 0. The number of carbonyl (C=O) groups excluding carboxylic acids is 1. The maximum absolute atomic E-state index is 11.9. The molecule has 2 rings (SSSR count). The lowest BCUT2D eigenvalue weighted by molar-refractivity contribution is -0.135. The second-order valence-electron chi connectivity index (χ2n) is 8.18. The van der Waals surface area contributed by atoms with Crippen LogP contribution in [0.3, 0.4) is 0 Å². The molecule has 0 spiro atoms. The van der Waals surface area contributed by atoms with Gasteiger partial charge in [-0.1, -0.05) is 87.5 Å². The van der Waals surface area contributed by atoms with E-state index in [1.54, 1.807) is 6.08 Å². The van der Waals surface area contributed by atoms with Crippen LogP contribution in [0.15, 0.2) is 84.0 Å². The van der Waals surface area contributed by atoms with Gasteiger partial charge < -0.3 is 9.16 Å². The molecule has 0 radical (unpaired) electrons. The third kappa shape index (κ3) is 5.14. The van der Waals surface area contributed by atoms with Crippen molar-refractivity contribution < 1.29 is 14.0 Å². The normalized spacial score (nSPS) is 13.3. The summed E-state index contributed by atoms with van der Waals surface area (Å²) in [5.74, 6) is -0.336. The summed E-state index contributed by atoms with van der Waals surface area (Å²) in [7, 11) is -1.19. The van der Waals surface area contributed by atoms with E-state index >= 15 is 0 Å². The van der Waals surface area contributed by atoms with Gasteiger partial charge in [0.1, 0.15) is 0 Å². The SMILES string of the molecule is C/C=C(\C=C(/C)CO[Si](c1ccccc1)(c1ccccc1)C(C)(C)C)C(=O)OC. The molecular weight excluding hydrogens is 376 g/mol. The van der Waals surface area contributed by atoms with Gasteiger partial charge in [0.2, 0.25) is 0 Å². The van der Waals surface area contributed by atoms with E-state index in [0.29, 0.717) is 12.2 Å². The average molecular weight is 409 g/mol. The maximum atomic E-state index is 11.9. The average Bonchev–Trinajstić information content (AvgIpc) is 2.72. The van der Waals surface area contributed by atoms with Gasteiger partial charge in [-0.05, 0) is 40.9 Å². The lowest BCUT2D eigenvalue weighted by Gasteiger charge is -2.43. The van der Waals surface area contributed by atoms with Crippen LogP contribution in [-0.2, 0) is 14.0 Å². The second-order valence-corrected chi connectivity index (χ2v) is 12.5. The fourth-order valence-corrected chi connectivity index (χ4v) is 8.27. The number of esters is 1. The van der Waals surface area contributed by atoms with Gasteiger partial charge in [-0.3, -0.25) is 0 Å². The predicted octanol–water partition coefficient (Wildman–Crippen LogP) is 4.63. The molecule has 154 valence electrons. The zero-order chi connectivity index (χ0) is 21.5. The van der Waals surface area contributed by atoms with Gasteiger partial charge in [-0.15, -0.1) is 0 Å². The van der Waals surface area contributed by atoms with Crippen molar-refractivity contribution in [1.82, 2.24) is 0 Å². The third-order valence-corrected chi connectivity index (χ3v) is 10.0. The van der Waals surface area contributed by atoms with Crippen molar-refractivity contribution in [2.75, 3.05) is 13.7 Å². The summed E-state index contributed by atoms with van der Waals surface area (Å²) < 4.78 is 11.7. The summed E-state index contributed by atoms with van der Waals surface area (Å²) in [5, 5.41) is 2.40. The first-order valence-electron chi connectivity index (χ1n) is 9.93. The van der Waals surface area contributed by atoms with E-state index in [1.807, 2.05) is 32.1 Å². The van der Waals surface area contributed by atoms with E-state index in [0.717, 1.165) is 5.57 Å². The number of methoxy groups -OCH3 is 1. The van der Waals surface area contributed by atoms with Crippen molar-refractivity contribution in [1.29, 1.82) is 0 Å². The van der Waals surface area contributed by atoms with Crippen LogP contribution >= 0.6 is 0 Å². The molecule has 0 saturated carbocycles. The summed E-state index contributed by atoms with van der Waals surface area (Å²) in [6.07, 6.45) is 3.61. The van der Waals surface area contributed by atoms with Crippen LogP contribution in [-0.4, -0.2) is 28.0 Å². The topological polar surface area (TPSA) is 35.5 Å². The highest BCUT2D eigenvalue weighted by Crippen LogP contribution is 2.37. The van der Waals surface area contributed by atoms with E-state index in [9.17, 15) is 4.79 Å². The molecule has 0 atom stereocenters. The highest BCUT2D eigenvalue weighted by atomic mass is 28.4. The number of rotatable bonds is 7. The van der Waals surface area contributed by atoms with Gasteiger partial charge in [-0.25, -0.2) is 4.79 Å². The van der Waals surface area contributed by atoms with Gasteiger partial charge in [0.15, 0.2) is 0 Å². The van der Waals surface area contributed by atoms with Crippen LogP contribution in [0.2, 0.25) is 5.04 Å². The van der Waals surface area contributed by atoms with Crippen molar-refractivity contribution >= 4 is 24.7 Å². The van der Waals surface area contributed by atoms with Crippen molar-refractivity contribution in [3.63, 3.8) is 0 Å². The molecule has 3 nitrogen and oxygen atoms in total. The molecule has 0 amide bonds. The first-order valence-corrected chi connectivity index (χ1v) is 11.8. The predicted molar refractivity (Wildman–Crippen MR) is 123 cm³/mol. The molecule has 0 heterocycles. The Hall–Kier alpha value is -2.43. The minimum absolute atomic E-state index is 0.0816. The number of hydrogen-bond acceptors (Lipinski definition) is 3. The van der Waals surface area contributed by atoms with Crippen molar-refractivity contribution in [2.45, 2.75) is 39.7 Å². The van der Waals surface area contributed by atoms with Crippen LogP contribution in [0.1, 0.15) is 34.6 Å². The first kappa shape index (κ1) is 22.9. The molecular formula is C25H32O3Si. The third-order valence-electron chi connectivity index (χ3n) is 5.07. The van der Waals surface area contributed by atoms with Crippen molar-refractivity contribution in [3.05, 3.63) is 84.0 Å². The summed E-state index contributed by atoms with van der Waals surface area (Å²) in [6.45, 7) is 11.0. The molecule has 0 aliphatic carbocycles. The molecule has 2 aromatic rings. The van der Waals surface area contributed by atoms with E-state index in [4.69, 9.17) is 9.16 Å². The monoisotopic (exact) mass is 408 g/mol. The quantitative estimate of drug-likeness (QED) is 0.290. The Morgan fingerprint density at radius 2 is 1.45 bits per heavy atom. The highest BCUT2D eigenvalue weighted by Gasteiger charge is 2.50. The summed E-state index contributed by atoms with van der Waals surface area (Å²) in [5.41, 5.74) is 1.52. The van der Waals surface area contributed by atoms with Gasteiger partial charge in [0.25, 0.3) is 8.32 Å². The lowest BCUT2D eigenvalue weighted by Crippen LogP contribution is -2.66. The molecule has 0 unspecified atom stereocenters. The van der Waals surface area contributed by atoms with Crippen LogP contribution in [0.25, 0.3) is 0 Å². The molecule has 29 heavy (non-hydrogen) atoms. The van der Waals surface area contributed by atoms with Crippen molar-refractivity contribution in [3.8, 4) is 0 Å². The number of ether oxygens (including phenoxy) is 1. The highest BCUT2D eigenvalue weighted by molar-refractivity contribution is 6.99. The van der Waals surface area contributed by atoms with Gasteiger partial charge in [0, 0.05) is 0 Å². The Kier molecular flexibility index (Phi) is 7.77. The smallest absolute Gasteiger partial charge is 0.337 e. The minimum atomic E-state index is -2.59. The molecule has 2 aromatic carbocycles. The Labute approximate surface area is 176 Å². The Morgan fingerprint density at radius 1 is 0.966 bits per heavy atom. The molecule has 0 aliphatic rings. The van der Waals surface area contributed by atoms with Gasteiger partial charge in [0.05, 0.1) is 19.3 Å². The van der Waals surface area contributed by atoms with Crippen LogP contribution < -0.4 is 10.4 Å². The van der Waals surface area contributed by atoms with Gasteiger partial charge in [-0.2, -0.15) is 0 Å². The molecule has 0 fully saturated rings. The zero-order valence-electron chi connectivity index (χ0n) is 18.4. The standard InChI is InChI=1S/C25H32O3Si/c1-7-21(24(26)27-6)18-20(2)19-28-29(25(3,4)5,22-14-10-8-11-15-22)23-16-12-9-13-17-23/h7-18H,19H2,1-6H3/b20-18+,21-7+. The Balaban J connectivity index is 2.51. The summed E-state index contributed by atoms with van der Waals surface area (Å²) in [6, 6.07) is 21.1. The van der Waals surface area contributed by atoms with Crippen molar-refractivity contribution in [2.24, 2.45) is 0 Å². The number of carbonyl (C=O) groups is 1. The maximum Gasteiger partial charge on any atom is 0.337 e. The zero-order valence-corrected chi connectivity index (χ0v) is 19.4. The molecule has 4 heteroatoms. The van der Waals surface area contributed by atoms with Crippen LogP contribution in [0, 0.1) is 0 Å². The van der Waals surface area contributed by atoms with Crippen LogP contribution in [0.4, 0.5) is 0 Å². The molecule has 0 N–H and O–H groups in total. The summed E-state index contributed by atoms with van der Waals surface area (Å²) >= 11 is 0. The Morgan fingerprint density at radius 3 is 1.83 bits per heavy atom. The number of allylic oxidation sites excluding steroid dienone is 1. The lowest BCUT2D eigenvalue weighted by atomic mass is 10.2. The van der Waals surface area contributed by atoms with Gasteiger partial charge >= 0.3 is 5.97 Å². The fourth-order valence-electron chi connectivity index (χ4n) is 3.67. The molecule has 0 saturated heterocycles.